The van der Waals surface area contributed by atoms with Gasteiger partial charge in [-0.2, -0.15) is 0 Å². The van der Waals surface area contributed by atoms with Gasteiger partial charge in [-0.25, -0.2) is 0 Å². The first kappa shape index (κ1) is 26.5. The van der Waals surface area contributed by atoms with E-state index in [2.05, 4.69) is 131 Å². The molecule has 1 aliphatic heterocycles. The SMILES string of the molecule is C1=c2c([nH]c3ccccc23)=C2c3ccccc3N(c3ccc(-c4ccccc4)cc3)C2C1.N=C/C=C\Cc1ccccc1. The van der Waals surface area contributed by atoms with Crippen LogP contribution in [-0.4, -0.2) is 17.2 Å². The molecule has 0 amide bonds. The lowest BCUT2D eigenvalue weighted by molar-refractivity contribution is 0.842. The van der Waals surface area contributed by atoms with Gasteiger partial charge in [0.2, 0.25) is 0 Å². The summed E-state index contributed by atoms with van der Waals surface area (Å²) in [5.74, 6) is 0. The van der Waals surface area contributed by atoms with Crippen molar-refractivity contribution in [3.63, 3.8) is 0 Å². The van der Waals surface area contributed by atoms with Gasteiger partial charge in [-0.3, -0.25) is 0 Å². The first-order valence-electron chi connectivity index (χ1n) is 14.9. The first-order valence-corrected chi connectivity index (χ1v) is 14.9. The minimum atomic E-state index is 0.301. The molecule has 3 heteroatoms. The maximum Gasteiger partial charge on any atom is 0.0653 e. The number of hydrogen-bond acceptors (Lipinski definition) is 2. The number of allylic oxidation sites excluding steroid dienone is 2. The molecule has 8 rings (SSSR count). The van der Waals surface area contributed by atoms with E-state index < -0.39 is 0 Å². The lowest BCUT2D eigenvalue weighted by atomic mass is 9.94. The average Bonchev–Trinajstić information content (AvgIpc) is 3.62. The number of nitrogens with zero attached hydrogens (tertiary/aromatic N) is 1. The van der Waals surface area contributed by atoms with Crippen LogP contribution in [0.2, 0.25) is 0 Å². The van der Waals surface area contributed by atoms with E-state index in [9.17, 15) is 0 Å². The fraction of sp³-hybridized carbons (Fsp3) is 0.0750. The molecular formula is C40H33N3. The number of hydrogen-bond donors (Lipinski definition) is 2. The number of H-pyrrole nitrogens is 1. The Balaban J connectivity index is 0.000000233. The molecule has 0 saturated heterocycles. The summed E-state index contributed by atoms with van der Waals surface area (Å²) in [6.45, 7) is 0. The minimum Gasteiger partial charge on any atom is -0.354 e. The largest absolute Gasteiger partial charge is 0.354 e. The molecule has 1 aliphatic carbocycles. The number of anilines is 2. The summed E-state index contributed by atoms with van der Waals surface area (Å²) in [6, 6.07) is 47.6. The van der Waals surface area contributed by atoms with Gasteiger partial charge < -0.3 is 15.3 Å². The van der Waals surface area contributed by atoms with Gasteiger partial charge in [0, 0.05) is 44.8 Å². The van der Waals surface area contributed by atoms with Gasteiger partial charge in [0.05, 0.1) is 11.4 Å². The van der Waals surface area contributed by atoms with E-state index in [0.29, 0.717) is 6.04 Å². The summed E-state index contributed by atoms with van der Waals surface area (Å²) in [6.07, 6.45) is 9.34. The summed E-state index contributed by atoms with van der Waals surface area (Å²) in [5.41, 5.74) is 10.3. The second-order valence-corrected chi connectivity index (χ2v) is 10.9. The molecule has 6 aromatic rings. The van der Waals surface area contributed by atoms with Crippen LogP contribution in [0, 0.1) is 5.41 Å². The molecule has 208 valence electrons. The maximum atomic E-state index is 6.76. The van der Waals surface area contributed by atoms with E-state index in [-0.39, 0.29) is 0 Å². The highest BCUT2D eigenvalue weighted by Gasteiger charge is 2.36. The van der Waals surface area contributed by atoms with Crippen molar-refractivity contribution in [3.05, 3.63) is 167 Å². The number of nitrogens with one attached hydrogen (secondary N) is 2. The Kier molecular flexibility index (Phi) is 7.29. The van der Waals surface area contributed by atoms with Gasteiger partial charge in [-0.1, -0.05) is 121 Å². The number of aromatic amines is 1. The van der Waals surface area contributed by atoms with Gasteiger partial charge in [0.1, 0.15) is 0 Å². The third-order valence-corrected chi connectivity index (χ3v) is 8.34. The minimum absolute atomic E-state index is 0.301. The van der Waals surface area contributed by atoms with E-state index in [1.807, 2.05) is 24.3 Å². The van der Waals surface area contributed by atoms with Crippen molar-refractivity contribution in [2.45, 2.75) is 18.9 Å². The van der Waals surface area contributed by atoms with Gasteiger partial charge in [0.15, 0.2) is 0 Å². The molecule has 43 heavy (non-hydrogen) atoms. The van der Waals surface area contributed by atoms with Gasteiger partial charge in [0.25, 0.3) is 0 Å². The van der Waals surface area contributed by atoms with E-state index in [4.69, 9.17) is 5.41 Å². The topological polar surface area (TPSA) is 42.9 Å². The molecule has 3 nitrogen and oxygen atoms in total. The van der Waals surface area contributed by atoms with Crippen molar-refractivity contribution in [3.8, 4) is 11.1 Å². The summed E-state index contributed by atoms with van der Waals surface area (Å²) in [7, 11) is 0. The monoisotopic (exact) mass is 555 g/mol. The summed E-state index contributed by atoms with van der Waals surface area (Å²) in [5, 5.41) is 10.7. The second-order valence-electron chi connectivity index (χ2n) is 10.9. The zero-order valence-corrected chi connectivity index (χ0v) is 23.9. The Morgan fingerprint density at radius 1 is 0.721 bits per heavy atom. The zero-order valence-electron chi connectivity index (χ0n) is 23.9. The Morgan fingerprint density at radius 3 is 2.19 bits per heavy atom. The molecule has 2 N–H and O–H groups in total. The molecule has 5 aromatic carbocycles. The lowest BCUT2D eigenvalue weighted by Gasteiger charge is -2.28. The van der Waals surface area contributed by atoms with Crippen LogP contribution in [0.5, 0.6) is 0 Å². The molecule has 1 unspecified atom stereocenters. The Hall–Kier alpha value is -5.41. The zero-order chi connectivity index (χ0) is 29.0. The molecule has 2 aliphatic rings. The molecule has 1 aromatic heterocycles. The highest BCUT2D eigenvalue weighted by atomic mass is 15.2. The van der Waals surface area contributed by atoms with Crippen LogP contribution in [-0.2, 0) is 6.42 Å². The van der Waals surface area contributed by atoms with Crippen molar-refractivity contribution in [2.75, 3.05) is 4.90 Å². The second kappa shape index (κ2) is 11.8. The molecule has 0 fully saturated rings. The quantitative estimate of drug-likeness (QED) is 0.207. The predicted octanol–water partition coefficient (Wildman–Crippen LogP) is 8.17. The predicted molar refractivity (Wildman–Crippen MR) is 181 cm³/mol. The Bertz CT molecular complexity index is 2040. The van der Waals surface area contributed by atoms with Crippen molar-refractivity contribution >= 4 is 40.1 Å². The van der Waals surface area contributed by atoms with E-state index >= 15 is 0 Å². The number of fused-ring (bicyclic) bond motifs is 6. The van der Waals surface area contributed by atoms with Crippen LogP contribution in [0.1, 0.15) is 17.5 Å². The summed E-state index contributed by atoms with van der Waals surface area (Å²) >= 11 is 0. The van der Waals surface area contributed by atoms with E-state index in [0.717, 1.165) is 12.8 Å². The van der Waals surface area contributed by atoms with Gasteiger partial charge in [-0.05, 0) is 59.9 Å². The standard InChI is InChI=1S/C30H22N2.C10H11N/c1-2-8-20(9-3-1)21-14-16-22(17-15-21)32-27-13-7-5-11-25(27)29-28(32)19-18-24-23-10-4-6-12-26(23)31-30(24)29;11-9-5-4-8-10-6-2-1-3-7-10/h1-18,28,31H,19H2;1-7,9,11H,8H2/b;5-4-,11-9?. The molecule has 0 bridgehead atoms. The molecule has 1 atom stereocenters. The molecule has 0 radical (unpaired) electrons. The summed E-state index contributed by atoms with van der Waals surface area (Å²) in [4.78, 5) is 6.25. The number of aromatic nitrogens is 1. The molecule has 2 heterocycles. The van der Waals surface area contributed by atoms with Gasteiger partial charge >= 0.3 is 0 Å². The Labute approximate surface area is 252 Å². The number of benzene rings is 5. The van der Waals surface area contributed by atoms with Gasteiger partial charge in [-0.15, -0.1) is 0 Å². The van der Waals surface area contributed by atoms with Crippen molar-refractivity contribution < 1.29 is 0 Å². The number of para-hydroxylation sites is 2. The third kappa shape index (κ3) is 5.11. The maximum absolute atomic E-state index is 6.76. The van der Waals surface area contributed by atoms with E-state index in [1.54, 1.807) is 6.08 Å². The van der Waals surface area contributed by atoms with Crippen molar-refractivity contribution in [1.29, 1.82) is 5.41 Å². The van der Waals surface area contributed by atoms with Crippen LogP contribution in [0.15, 0.2) is 146 Å². The van der Waals surface area contributed by atoms with Crippen LogP contribution >= 0.6 is 0 Å². The normalized spacial score (nSPS) is 14.8. The van der Waals surface area contributed by atoms with Crippen molar-refractivity contribution in [2.24, 2.45) is 0 Å². The van der Waals surface area contributed by atoms with Crippen LogP contribution in [0.4, 0.5) is 11.4 Å². The smallest absolute Gasteiger partial charge is 0.0653 e. The van der Waals surface area contributed by atoms with Crippen LogP contribution in [0.25, 0.3) is 33.7 Å². The highest BCUT2D eigenvalue weighted by Crippen LogP contribution is 2.45. The van der Waals surface area contributed by atoms with Crippen LogP contribution in [0.3, 0.4) is 0 Å². The Morgan fingerprint density at radius 2 is 1.40 bits per heavy atom. The molecular weight excluding hydrogens is 522 g/mol. The van der Waals surface area contributed by atoms with Crippen LogP contribution < -0.4 is 15.5 Å². The first-order chi connectivity index (χ1) is 21.3. The lowest BCUT2D eigenvalue weighted by Crippen LogP contribution is -2.38. The summed E-state index contributed by atoms with van der Waals surface area (Å²) < 4.78 is 0. The molecule has 0 saturated carbocycles. The fourth-order valence-electron chi connectivity index (χ4n) is 6.38. The van der Waals surface area contributed by atoms with Crippen molar-refractivity contribution in [1.82, 2.24) is 4.98 Å². The molecule has 0 spiro atoms. The van der Waals surface area contributed by atoms with E-state index in [1.165, 1.54) is 66.9 Å². The fourth-order valence-corrected chi connectivity index (χ4v) is 6.38. The average molecular weight is 556 g/mol. The highest BCUT2D eigenvalue weighted by molar-refractivity contribution is 5.95. The number of rotatable bonds is 5. The third-order valence-electron chi connectivity index (χ3n) is 8.34.